The Kier molecular flexibility index (Phi) is 4.71. The molecule has 1 atom stereocenters. The number of para-hydroxylation sites is 2. The Bertz CT molecular complexity index is 1340. The van der Waals surface area contributed by atoms with Crippen LogP contribution in [0, 0.1) is 6.92 Å². The molecule has 0 aliphatic carbocycles. The third kappa shape index (κ3) is 3.54. The molecule has 4 aromatic rings. The van der Waals surface area contributed by atoms with Crippen LogP contribution in [0.5, 0.6) is 0 Å². The van der Waals surface area contributed by atoms with Gasteiger partial charge in [-0.15, -0.1) is 0 Å². The van der Waals surface area contributed by atoms with Crippen molar-refractivity contribution in [3.05, 3.63) is 100 Å². The number of rotatable bonds is 4. The van der Waals surface area contributed by atoms with Gasteiger partial charge in [-0.3, -0.25) is 14.2 Å². The highest BCUT2D eigenvalue weighted by Gasteiger charge is 2.35. The molecule has 2 aromatic heterocycles. The fourth-order valence-corrected chi connectivity index (χ4v) is 3.85. The Balaban J connectivity index is 1.51. The molecule has 1 aliphatic heterocycles. The van der Waals surface area contributed by atoms with Crippen LogP contribution < -0.4 is 5.56 Å². The molecule has 0 fully saturated rings. The van der Waals surface area contributed by atoms with E-state index in [-0.39, 0.29) is 24.1 Å². The van der Waals surface area contributed by atoms with Crippen molar-refractivity contribution in [2.75, 3.05) is 0 Å². The molecule has 1 aliphatic rings. The molecule has 7 heteroatoms. The number of benzene rings is 2. The summed E-state index contributed by atoms with van der Waals surface area (Å²) in [5.74, 6) is 0.369. The topological polar surface area (TPSA) is 80.7 Å². The average molecular weight is 412 g/mol. The number of fused-ring (bicyclic) bond motifs is 1. The van der Waals surface area contributed by atoms with Crippen molar-refractivity contribution in [2.24, 2.45) is 5.10 Å². The van der Waals surface area contributed by atoms with Gasteiger partial charge in [0, 0.05) is 6.42 Å². The number of hydrogen-bond donors (Lipinski definition) is 0. The average Bonchev–Trinajstić information content (AvgIpc) is 3.46. The van der Waals surface area contributed by atoms with Crippen LogP contribution in [0.25, 0.3) is 11.0 Å². The van der Waals surface area contributed by atoms with Gasteiger partial charge in [0.15, 0.2) is 0 Å². The van der Waals surface area contributed by atoms with Gasteiger partial charge in [-0.25, -0.2) is 9.99 Å². The van der Waals surface area contributed by atoms with Gasteiger partial charge in [-0.1, -0.05) is 42.0 Å². The highest BCUT2D eigenvalue weighted by atomic mass is 16.3. The van der Waals surface area contributed by atoms with Gasteiger partial charge in [0.05, 0.1) is 29.2 Å². The summed E-state index contributed by atoms with van der Waals surface area (Å²) in [4.78, 5) is 30.0. The van der Waals surface area contributed by atoms with Crippen molar-refractivity contribution < 1.29 is 9.21 Å². The lowest BCUT2D eigenvalue weighted by molar-refractivity contribution is -0.134. The number of hydrogen-bond acceptors (Lipinski definition) is 5. The predicted octanol–water partition coefficient (Wildman–Crippen LogP) is 3.68. The molecule has 0 unspecified atom stereocenters. The van der Waals surface area contributed by atoms with E-state index in [1.807, 2.05) is 55.5 Å². The number of carbonyl (C=O) groups is 1. The van der Waals surface area contributed by atoms with Crippen LogP contribution in [-0.4, -0.2) is 26.2 Å². The molecule has 0 N–H and O–H groups in total. The standard InChI is InChI=1S/C24H20N4O3/c1-16-8-10-17(11-9-16)19-13-21(22-7-4-12-31-22)28(26-19)24(30)15-27-20-6-3-2-5-18(20)25-14-23(27)29/h2-12,14,21H,13,15H2,1H3/t21-/m1/s1. The zero-order chi connectivity index (χ0) is 21.4. The van der Waals surface area contributed by atoms with Crippen molar-refractivity contribution in [1.29, 1.82) is 0 Å². The van der Waals surface area contributed by atoms with Gasteiger partial charge in [0.1, 0.15) is 18.3 Å². The third-order valence-corrected chi connectivity index (χ3v) is 5.47. The molecule has 31 heavy (non-hydrogen) atoms. The predicted molar refractivity (Wildman–Crippen MR) is 117 cm³/mol. The minimum atomic E-state index is -0.359. The summed E-state index contributed by atoms with van der Waals surface area (Å²) >= 11 is 0. The van der Waals surface area contributed by atoms with Crippen molar-refractivity contribution in [1.82, 2.24) is 14.6 Å². The maximum atomic E-state index is 13.3. The van der Waals surface area contributed by atoms with Crippen LogP contribution in [0.4, 0.5) is 0 Å². The molecule has 0 bridgehead atoms. The van der Waals surface area contributed by atoms with Crippen LogP contribution in [-0.2, 0) is 11.3 Å². The molecular weight excluding hydrogens is 392 g/mol. The van der Waals surface area contributed by atoms with E-state index in [0.29, 0.717) is 23.2 Å². The molecule has 0 spiro atoms. The van der Waals surface area contributed by atoms with E-state index in [0.717, 1.165) is 16.8 Å². The van der Waals surface area contributed by atoms with Crippen molar-refractivity contribution >= 4 is 22.7 Å². The number of furan rings is 1. The lowest BCUT2D eigenvalue weighted by atomic mass is 10.0. The molecule has 3 heterocycles. The van der Waals surface area contributed by atoms with Gasteiger partial charge in [0.25, 0.3) is 11.5 Å². The summed E-state index contributed by atoms with van der Waals surface area (Å²) in [6.45, 7) is 1.89. The molecular formula is C24H20N4O3. The maximum Gasteiger partial charge on any atom is 0.269 e. The molecule has 5 rings (SSSR count). The molecule has 0 saturated carbocycles. The second-order valence-electron chi connectivity index (χ2n) is 7.56. The van der Waals surface area contributed by atoms with Crippen LogP contribution in [0.15, 0.2) is 87.4 Å². The second kappa shape index (κ2) is 7.68. The zero-order valence-corrected chi connectivity index (χ0v) is 16.9. The fourth-order valence-electron chi connectivity index (χ4n) is 3.85. The summed E-state index contributed by atoms with van der Waals surface area (Å²) in [5, 5.41) is 6.08. The van der Waals surface area contributed by atoms with E-state index in [1.165, 1.54) is 15.8 Å². The molecule has 154 valence electrons. The SMILES string of the molecule is Cc1ccc(C2=NN(C(=O)Cn3c(=O)cnc4ccccc43)[C@@H](c3ccco3)C2)cc1. The van der Waals surface area contributed by atoms with E-state index in [4.69, 9.17) is 4.42 Å². The summed E-state index contributed by atoms with van der Waals surface area (Å²) in [6, 6.07) is 18.6. The lowest BCUT2D eigenvalue weighted by Gasteiger charge is -2.20. The van der Waals surface area contributed by atoms with Crippen LogP contribution in [0.2, 0.25) is 0 Å². The van der Waals surface area contributed by atoms with E-state index >= 15 is 0 Å². The van der Waals surface area contributed by atoms with E-state index < -0.39 is 0 Å². The van der Waals surface area contributed by atoms with E-state index in [9.17, 15) is 9.59 Å². The molecule has 0 radical (unpaired) electrons. The van der Waals surface area contributed by atoms with Crippen LogP contribution in [0.1, 0.15) is 29.3 Å². The van der Waals surface area contributed by atoms with Gasteiger partial charge in [-0.05, 0) is 36.8 Å². The Morgan fingerprint density at radius 1 is 1.10 bits per heavy atom. The fraction of sp³-hybridized carbons (Fsp3) is 0.167. The minimum absolute atomic E-state index is 0.135. The summed E-state index contributed by atoms with van der Waals surface area (Å²) in [5.41, 5.74) is 3.86. The third-order valence-electron chi connectivity index (χ3n) is 5.47. The van der Waals surface area contributed by atoms with E-state index in [2.05, 4.69) is 10.1 Å². The molecule has 0 saturated heterocycles. The van der Waals surface area contributed by atoms with Crippen molar-refractivity contribution in [3.63, 3.8) is 0 Å². The Morgan fingerprint density at radius 2 is 1.90 bits per heavy atom. The number of aryl methyl sites for hydroxylation is 1. The number of aromatic nitrogens is 2. The first-order valence-electron chi connectivity index (χ1n) is 10.0. The first kappa shape index (κ1) is 19.0. The molecule has 1 amide bonds. The zero-order valence-electron chi connectivity index (χ0n) is 16.9. The Labute approximate surface area is 178 Å². The van der Waals surface area contributed by atoms with Gasteiger partial charge in [0.2, 0.25) is 0 Å². The number of hydrazone groups is 1. The smallest absolute Gasteiger partial charge is 0.269 e. The van der Waals surface area contributed by atoms with Crippen molar-refractivity contribution in [2.45, 2.75) is 25.9 Å². The lowest BCUT2D eigenvalue weighted by Crippen LogP contribution is -2.34. The second-order valence-corrected chi connectivity index (χ2v) is 7.56. The highest BCUT2D eigenvalue weighted by Crippen LogP contribution is 2.33. The van der Waals surface area contributed by atoms with Gasteiger partial charge >= 0.3 is 0 Å². The minimum Gasteiger partial charge on any atom is -0.467 e. The summed E-state index contributed by atoms with van der Waals surface area (Å²) in [6.07, 6.45) is 3.36. The Morgan fingerprint density at radius 3 is 2.68 bits per heavy atom. The maximum absolute atomic E-state index is 13.3. The first-order chi connectivity index (χ1) is 15.1. The van der Waals surface area contributed by atoms with Crippen molar-refractivity contribution in [3.8, 4) is 0 Å². The van der Waals surface area contributed by atoms with Gasteiger partial charge in [-0.2, -0.15) is 5.10 Å². The number of amides is 1. The number of nitrogens with zero attached hydrogens (tertiary/aromatic N) is 4. The Hall–Kier alpha value is -4.00. The number of carbonyl (C=O) groups excluding carboxylic acids is 1. The van der Waals surface area contributed by atoms with Crippen LogP contribution in [0.3, 0.4) is 0 Å². The largest absolute Gasteiger partial charge is 0.467 e. The monoisotopic (exact) mass is 412 g/mol. The first-order valence-corrected chi connectivity index (χ1v) is 10.0. The van der Waals surface area contributed by atoms with Gasteiger partial charge < -0.3 is 4.42 Å². The molecule has 7 nitrogen and oxygen atoms in total. The quantitative estimate of drug-likeness (QED) is 0.512. The van der Waals surface area contributed by atoms with Crippen LogP contribution >= 0.6 is 0 Å². The highest BCUT2D eigenvalue weighted by molar-refractivity contribution is 6.03. The summed E-state index contributed by atoms with van der Waals surface area (Å²) < 4.78 is 7.03. The molecule has 2 aromatic carbocycles. The summed E-state index contributed by atoms with van der Waals surface area (Å²) in [7, 11) is 0. The van der Waals surface area contributed by atoms with E-state index in [1.54, 1.807) is 18.4 Å². The normalized spacial score (nSPS) is 16.0.